The molecule has 0 rings (SSSR count). The van der Waals surface area contributed by atoms with Crippen LogP contribution in [0.25, 0.3) is 0 Å². The molecule has 0 aromatic rings. The Labute approximate surface area is 62.3 Å². The highest BCUT2D eigenvalue weighted by Crippen LogP contribution is 1.93. The van der Waals surface area contributed by atoms with Crippen molar-refractivity contribution in [3.8, 4) is 0 Å². The first kappa shape index (κ1) is 9.21. The molecular weight excluding hydrogens is 126 g/mol. The molecule has 0 aliphatic heterocycles. The van der Waals surface area contributed by atoms with Gasteiger partial charge in [0, 0.05) is 6.04 Å². The summed E-state index contributed by atoms with van der Waals surface area (Å²) >= 11 is 0. The van der Waals surface area contributed by atoms with Crippen LogP contribution < -0.4 is 5.32 Å². The van der Waals surface area contributed by atoms with E-state index >= 15 is 0 Å². The second kappa shape index (κ2) is 5.03. The highest BCUT2D eigenvalue weighted by atomic mass is 16.1. The van der Waals surface area contributed by atoms with Crippen LogP contribution in [-0.2, 0) is 4.79 Å². The minimum atomic E-state index is -0.0825. The first-order chi connectivity index (χ1) is 4.70. The zero-order valence-electron chi connectivity index (χ0n) is 6.68. The van der Waals surface area contributed by atoms with Crippen molar-refractivity contribution in [2.45, 2.75) is 32.7 Å². The van der Waals surface area contributed by atoms with Gasteiger partial charge >= 0.3 is 0 Å². The summed E-state index contributed by atoms with van der Waals surface area (Å²) in [5.74, 6) is -0.0825. The van der Waals surface area contributed by atoms with Crippen LogP contribution in [-0.4, -0.2) is 11.9 Å². The van der Waals surface area contributed by atoms with E-state index in [9.17, 15) is 4.79 Å². The van der Waals surface area contributed by atoms with Gasteiger partial charge in [-0.1, -0.05) is 19.9 Å². The molecule has 0 aliphatic rings. The standard InChI is InChI=1S/C8H15NO/c1-4-6-7(3)9-8(10)5-2/h5,7H,2,4,6H2,1,3H3,(H,9,10). The predicted molar refractivity (Wildman–Crippen MR) is 42.7 cm³/mol. The number of amides is 1. The van der Waals surface area contributed by atoms with E-state index in [0.29, 0.717) is 0 Å². The van der Waals surface area contributed by atoms with E-state index in [1.807, 2.05) is 6.92 Å². The average molecular weight is 141 g/mol. The van der Waals surface area contributed by atoms with E-state index < -0.39 is 0 Å². The number of hydrogen-bond donors (Lipinski definition) is 1. The Kier molecular flexibility index (Phi) is 4.63. The lowest BCUT2D eigenvalue weighted by Crippen LogP contribution is -2.30. The van der Waals surface area contributed by atoms with Gasteiger partial charge in [-0.3, -0.25) is 4.79 Å². The van der Waals surface area contributed by atoms with E-state index in [1.54, 1.807) is 0 Å². The molecule has 2 nitrogen and oxygen atoms in total. The van der Waals surface area contributed by atoms with Crippen molar-refractivity contribution in [3.63, 3.8) is 0 Å². The van der Waals surface area contributed by atoms with Crippen molar-refractivity contribution in [1.29, 1.82) is 0 Å². The summed E-state index contributed by atoms with van der Waals surface area (Å²) in [6.07, 6.45) is 3.42. The van der Waals surface area contributed by atoms with Gasteiger partial charge in [0.15, 0.2) is 0 Å². The maximum absolute atomic E-state index is 10.7. The van der Waals surface area contributed by atoms with Crippen LogP contribution in [0, 0.1) is 0 Å². The zero-order valence-corrected chi connectivity index (χ0v) is 6.68. The summed E-state index contributed by atoms with van der Waals surface area (Å²) in [5, 5.41) is 2.77. The Morgan fingerprint density at radius 1 is 1.80 bits per heavy atom. The first-order valence-corrected chi connectivity index (χ1v) is 3.63. The maximum atomic E-state index is 10.7. The van der Waals surface area contributed by atoms with Crippen LogP contribution in [0.3, 0.4) is 0 Å². The van der Waals surface area contributed by atoms with Crippen molar-refractivity contribution < 1.29 is 4.79 Å². The maximum Gasteiger partial charge on any atom is 0.243 e. The Balaban J connectivity index is 3.46. The molecule has 1 amide bonds. The Morgan fingerprint density at radius 3 is 2.80 bits per heavy atom. The monoisotopic (exact) mass is 141 g/mol. The molecule has 0 aliphatic carbocycles. The summed E-state index contributed by atoms with van der Waals surface area (Å²) in [6.45, 7) is 7.45. The third kappa shape index (κ3) is 4.13. The van der Waals surface area contributed by atoms with Gasteiger partial charge in [0.05, 0.1) is 0 Å². The molecule has 0 radical (unpaired) electrons. The van der Waals surface area contributed by atoms with Gasteiger partial charge in [-0.15, -0.1) is 0 Å². The molecule has 0 bridgehead atoms. The van der Waals surface area contributed by atoms with Crippen molar-refractivity contribution in [2.75, 3.05) is 0 Å². The molecule has 58 valence electrons. The summed E-state index contributed by atoms with van der Waals surface area (Å²) in [5.41, 5.74) is 0. The lowest BCUT2D eigenvalue weighted by atomic mass is 10.2. The second-order valence-corrected chi connectivity index (χ2v) is 2.40. The van der Waals surface area contributed by atoms with Gasteiger partial charge in [-0.05, 0) is 19.4 Å². The number of carbonyl (C=O) groups is 1. The molecule has 0 saturated carbocycles. The van der Waals surface area contributed by atoms with E-state index in [1.165, 1.54) is 6.08 Å². The van der Waals surface area contributed by atoms with Crippen molar-refractivity contribution in [2.24, 2.45) is 0 Å². The minimum absolute atomic E-state index is 0.0825. The van der Waals surface area contributed by atoms with Crippen LogP contribution in [0.5, 0.6) is 0 Å². The molecule has 1 N–H and O–H groups in total. The lowest BCUT2D eigenvalue weighted by molar-refractivity contribution is -0.117. The normalized spacial score (nSPS) is 12.2. The molecule has 0 spiro atoms. The third-order valence-electron chi connectivity index (χ3n) is 1.30. The molecule has 2 heteroatoms. The van der Waals surface area contributed by atoms with Crippen LogP contribution in [0.15, 0.2) is 12.7 Å². The van der Waals surface area contributed by atoms with E-state index in [2.05, 4.69) is 18.8 Å². The molecule has 0 aromatic heterocycles. The number of hydrogen-bond acceptors (Lipinski definition) is 1. The molecule has 0 aromatic carbocycles. The molecule has 1 unspecified atom stereocenters. The smallest absolute Gasteiger partial charge is 0.243 e. The summed E-state index contributed by atoms with van der Waals surface area (Å²) in [4.78, 5) is 10.7. The van der Waals surface area contributed by atoms with Gasteiger partial charge in [-0.25, -0.2) is 0 Å². The second-order valence-electron chi connectivity index (χ2n) is 2.40. The highest BCUT2D eigenvalue weighted by Gasteiger charge is 2.00. The highest BCUT2D eigenvalue weighted by molar-refractivity contribution is 5.87. The Hall–Kier alpha value is -0.790. The fourth-order valence-corrected chi connectivity index (χ4v) is 0.807. The van der Waals surface area contributed by atoms with Crippen molar-refractivity contribution >= 4 is 5.91 Å². The fraction of sp³-hybridized carbons (Fsp3) is 0.625. The number of nitrogens with one attached hydrogen (secondary N) is 1. The van der Waals surface area contributed by atoms with Gasteiger partial charge in [0.2, 0.25) is 5.91 Å². The van der Waals surface area contributed by atoms with Gasteiger partial charge in [0.1, 0.15) is 0 Å². The summed E-state index contributed by atoms with van der Waals surface area (Å²) < 4.78 is 0. The Morgan fingerprint density at radius 2 is 2.40 bits per heavy atom. The van der Waals surface area contributed by atoms with Gasteiger partial charge < -0.3 is 5.32 Å². The summed E-state index contributed by atoms with van der Waals surface area (Å²) in [7, 11) is 0. The van der Waals surface area contributed by atoms with Crippen molar-refractivity contribution in [3.05, 3.63) is 12.7 Å². The van der Waals surface area contributed by atoms with Crippen LogP contribution >= 0.6 is 0 Å². The van der Waals surface area contributed by atoms with E-state index in [0.717, 1.165) is 12.8 Å². The quantitative estimate of drug-likeness (QED) is 0.590. The predicted octanol–water partition coefficient (Wildman–Crippen LogP) is 1.48. The fourth-order valence-electron chi connectivity index (χ4n) is 0.807. The van der Waals surface area contributed by atoms with Gasteiger partial charge in [0.25, 0.3) is 0 Å². The molecule has 0 fully saturated rings. The largest absolute Gasteiger partial charge is 0.350 e. The van der Waals surface area contributed by atoms with Gasteiger partial charge in [-0.2, -0.15) is 0 Å². The van der Waals surface area contributed by atoms with Crippen LogP contribution in [0.2, 0.25) is 0 Å². The SMILES string of the molecule is C=CC(=O)NC(C)CCC. The number of rotatable bonds is 4. The molecular formula is C8H15NO. The minimum Gasteiger partial charge on any atom is -0.350 e. The van der Waals surface area contributed by atoms with Crippen LogP contribution in [0.1, 0.15) is 26.7 Å². The van der Waals surface area contributed by atoms with Crippen molar-refractivity contribution in [1.82, 2.24) is 5.32 Å². The lowest BCUT2D eigenvalue weighted by Gasteiger charge is -2.09. The molecule has 10 heavy (non-hydrogen) atoms. The molecule has 1 atom stereocenters. The molecule has 0 saturated heterocycles. The van der Waals surface area contributed by atoms with Crippen LogP contribution in [0.4, 0.5) is 0 Å². The van der Waals surface area contributed by atoms with E-state index in [4.69, 9.17) is 0 Å². The zero-order chi connectivity index (χ0) is 7.98. The molecule has 0 heterocycles. The third-order valence-corrected chi connectivity index (χ3v) is 1.30. The average Bonchev–Trinajstić information content (AvgIpc) is 1.88. The summed E-state index contributed by atoms with van der Waals surface area (Å²) in [6, 6.07) is 0.274. The van der Waals surface area contributed by atoms with E-state index in [-0.39, 0.29) is 11.9 Å². The first-order valence-electron chi connectivity index (χ1n) is 3.63. The Bertz CT molecular complexity index is 120. The number of carbonyl (C=O) groups excluding carboxylic acids is 1. The topological polar surface area (TPSA) is 29.1 Å².